The zero-order chi connectivity index (χ0) is 9.00. The molecule has 0 N–H and O–H groups in total. The third-order valence-corrected chi connectivity index (χ3v) is 0. The quantitative estimate of drug-likeness (QED) is 0.394. The Bertz CT molecular complexity index is 60.0. The molecule has 0 bridgehead atoms. The van der Waals surface area contributed by atoms with Crippen LogP contribution in [-0.4, -0.2) is 0 Å². The van der Waals surface area contributed by atoms with Crippen LogP contribution in [0.25, 0.3) is 0 Å². The molecule has 79 valence electrons. The first kappa shape index (κ1) is 23.2. The first-order valence-electron chi connectivity index (χ1n) is 1.23. The van der Waals surface area contributed by atoms with E-state index in [-0.39, 0.29) is 33.3 Å². The molecule has 0 heterocycles. The van der Waals surface area contributed by atoms with Crippen molar-refractivity contribution < 1.29 is 91.0 Å². The summed E-state index contributed by atoms with van der Waals surface area (Å²) >= 11 is 0. The van der Waals surface area contributed by atoms with E-state index in [1.807, 2.05) is 0 Å². The second kappa shape index (κ2) is 8.84. The topological polar surface area (TPSA) is 184 Å². The summed E-state index contributed by atoms with van der Waals surface area (Å²) in [5, 5.41) is 0. The summed E-state index contributed by atoms with van der Waals surface area (Å²) in [5.74, 6) is 0. The number of hydrogen-bond acceptors (Lipinski definition) is 8. The van der Waals surface area contributed by atoms with E-state index in [9.17, 15) is 0 Å². The van der Waals surface area contributed by atoms with Crippen LogP contribution in [0, 0.1) is 20.5 Å². The minimum absolute atomic E-state index is 0. The molecule has 0 atom stereocenters. The molecule has 0 saturated carbocycles. The van der Waals surface area contributed by atoms with Gasteiger partial charge in [-0.15, -0.1) is 20.5 Å². The number of halogens is 2. The van der Waals surface area contributed by atoms with Crippen molar-refractivity contribution in [3.05, 3.63) is 0 Å². The SMILES string of the molecule is [Co+2].[Ni+2].[O-][Cl+3]([O-])([O-])[O-].[O-][Cl+3]([O-])([O-])[O-]. The van der Waals surface area contributed by atoms with Gasteiger partial charge >= 0.3 is 33.3 Å². The molecule has 0 aromatic rings. The van der Waals surface area contributed by atoms with Crippen molar-refractivity contribution in [2.75, 3.05) is 0 Å². The molecule has 0 aromatic carbocycles. The fraction of sp³-hybridized carbons (Fsp3) is 0. The fourth-order valence-electron chi connectivity index (χ4n) is 0. The summed E-state index contributed by atoms with van der Waals surface area (Å²) in [6, 6.07) is 0. The molecule has 0 aliphatic heterocycles. The standard InChI is InChI=1S/2ClHO4.Co.Ni/c2*2-1(3,4)5;;/h2*(H,2,3,4,5);;/q;;2*+2/p-2. The van der Waals surface area contributed by atoms with Gasteiger partial charge in [0.15, 0.2) is 0 Å². The van der Waals surface area contributed by atoms with Gasteiger partial charge in [0.05, 0.1) is 0 Å². The molecule has 0 fully saturated rings. The van der Waals surface area contributed by atoms with Gasteiger partial charge in [0.2, 0.25) is 0 Å². The van der Waals surface area contributed by atoms with Crippen LogP contribution in [0.15, 0.2) is 0 Å². The summed E-state index contributed by atoms with van der Waals surface area (Å²) < 4.78 is 67.9. The van der Waals surface area contributed by atoms with Crippen LogP contribution >= 0.6 is 0 Å². The van der Waals surface area contributed by atoms with Crippen LogP contribution in [0.5, 0.6) is 0 Å². The van der Waals surface area contributed by atoms with Crippen LogP contribution in [0.2, 0.25) is 0 Å². The molecule has 0 spiro atoms. The van der Waals surface area contributed by atoms with Crippen molar-refractivity contribution >= 4 is 0 Å². The maximum absolute atomic E-state index is 8.49. The summed E-state index contributed by atoms with van der Waals surface area (Å²) in [5.41, 5.74) is 0. The molecule has 0 saturated heterocycles. The number of hydrogen-bond donors (Lipinski definition) is 0. The van der Waals surface area contributed by atoms with Crippen molar-refractivity contribution in [2.45, 2.75) is 0 Å². The summed E-state index contributed by atoms with van der Waals surface area (Å²) in [4.78, 5) is 0. The average molecular weight is 317 g/mol. The molecule has 0 aliphatic carbocycles. The Balaban J connectivity index is -0.0000000457. The summed E-state index contributed by atoms with van der Waals surface area (Å²) in [7, 11) is -9.89. The predicted octanol–water partition coefficient (Wildman–Crippen LogP) is -9.52. The van der Waals surface area contributed by atoms with Crippen molar-refractivity contribution in [3.63, 3.8) is 0 Å². The molecule has 0 unspecified atom stereocenters. The van der Waals surface area contributed by atoms with Gasteiger partial charge in [-0.05, 0) is 0 Å². The van der Waals surface area contributed by atoms with Crippen molar-refractivity contribution in [3.8, 4) is 0 Å². The van der Waals surface area contributed by atoms with E-state index in [4.69, 9.17) is 37.3 Å². The summed E-state index contributed by atoms with van der Waals surface area (Å²) in [6.07, 6.45) is 0. The normalized spacial score (nSPS) is 10.0. The molecule has 1 radical (unpaired) electrons. The second-order valence-corrected chi connectivity index (χ2v) is 2.27. The van der Waals surface area contributed by atoms with E-state index in [2.05, 4.69) is 0 Å². The molecule has 0 amide bonds. The third-order valence-electron chi connectivity index (χ3n) is 0. The zero-order valence-corrected chi connectivity index (χ0v) is 8.21. The Morgan fingerprint density at radius 3 is 0.500 bits per heavy atom. The van der Waals surface area contributed by atoms with Crippen molar-refractivity contribution in [1.82, 2.24) is 0 Å². The molecule has 0 aliphatic rings. The maximum atomic E-state index is 8.49. The largest absolute Gasteiger partial charge is 2.00 e. The Labute approximate surface area is 91.0 Å². The molecular weight excluding hydrogens is 317 g/mol. The van der Waals surface area contributed by atoms with Crippen molar-refractivity contribution in [2.24, 2.45) is 0 Å². The van der Waals surface area contributed by atoms with E-state index >= 15 is 0 Å². The zero-order valence-electron chi connectivity index (χ0n) is 4.67. The molecule has 0 rings (SSSR count). The Kier molecular flexibility index (Phi) is 17.1. The monoisotopic (exact) mass is 315 g/mol. The van der Waals surface area contributed by atoms with E-state index < -0.39 is 20.5 Å². The average Bonchev–Trinajstić information content (AvgIpc) is 1.12. The van der Waals surface area contributed by atoms with Gasteiger partial charge in [-0.1, -0.05) is 0 Å². The van der Waals surface area contributed by atoms with E-state index in [1.165, 1.54) is 0 Å². The minimum atomic E-state index is -4.94. The van der Waals surface area contributed by atoms with Gasteiger partial charge in [-0.25, -0.2) is 37.3 Å². The van der Waals surface area contributed by atoms with E-state index in [0.29, 0.717) is 0 Å². The molecule has 12 heavy (non-hydrogen) atoms. The van der Waals surface area contributed by atoms with Gasteiger partial charge in [0.1, 0.15) is 0 Å². The molecule has 0 aromatic heterocycles. The minimum Gasteiger partial charge on any atom is -0.222 e. The van der Waals surface area contributed by atoms with Gasteiger partial charge in [0, 0.05) is 0 Å². The fourth-order valence-corrected chi connectivity index (χ4v) is 0. The Hall–Kier alpha value is 1.26. The van der Waals surface area contributed by atoms with Crippen LogP contribution in [0.3, 0.4) is 0 Å². The first-order valence-corrected chi connectivity index (χ1v) is 3.70. The van der Waals surface area contributed by atoms with Crippen LogP contribution in [-0.2, 0) is 33.3 Å². The summed E-state index contributed by atoms with van der Waals surface area (Å²) in [6.45, 7) is 0. The van der Waals surface area contributed by atoms with Gasteiger partial charge in [0.25, 0.3) is 0 Å². The van der Waals surface area contributed by atoms with E-state index in [0.717, 1.165) is 0 Å². The third kappa shape index (κ3) is 747. The Morgan fingerprint density at radius 2 is 0.500 bits per heavy atom. The first-order chi connectivity index (χ1) is 4.00. The van der Waals surface area contributed by atoms with Crippen LogP contribution in [0.1, 0.15) is 0 Å². The second-order valence-electron chi connectivity index (χ2n) is 0.756. The smallest absolute Gasteiger partial charge is 0.222 e. The van der Waals surface area contributed by atoms with Gasteiger partial charge < -0.3 is 0 Å². The predicted molar refractivity (Wildman–Crippen MR) is 0 cm³/mol. The molecule has 12 heteroatoms. The van der Waals surface area contributed by atoms with Crippen LogP contribution < -0.4 is 37.3 Å². The van der Waals surface area contributed by atoms with E-state index in [1.54, 1.807) is 0 Å². The van der Waals surface area contributed by atoms with Crippen LogP contribution in [0.4, 0.5) is 0 Å². The van der Waals surface area contributed by atoms with Gasteiger partial charge in [-0.2, -0.15) is 0 Å². The number of rotatable bonds is 0. The van der Waals surface area contributed by atoms with Gasteiger partial charge in [-0.3, -0.25) is 0 Å². The maximum Gasteiger partial charge on any atom is 2.00 e. The molecular formula is Cl2CoNiO8+2. The van der Waals surface area contributed by atoms with Crippen molar-refractivity contribution in [1.29, 1.82) is 0 Å². The Morgan fingerprint density at radius 1 is 0.500 bits per heavy atom. The molecule has 8 nitrogen and oxygen atoms in total.